The molecule has 0 heterocycles. The summed E-state index contributed by atoms with van der Waals surface area (Å²) in [6.07, 6.45) is 6.11. The number of hydrogen-bond acceptors (Lipinski definition) is 2. The van der Waals surface area contributed by atoms with Crippen molar-refractivity contribution in [2.24, 2.45) is 0 Å². The van der Waals surface area contributed by atoms with Crippen molar-refractivity contribution in [3.05, 3.63) is 28.2 Å². The molecule has 2 N–H and O–H groups in total. The van der Waals surface area contributed by atoms with Gasteiger partial charge in [-0.25, -0.2) is 0 Å². The SMILES string of the molecule is CCCCCCCNCC(=O)Nc1cccc(Cl)c1Cl. The van der Waals surface area contributed by atoms with E-state index in [4.69, 9.17) is 23.2 Å². The zero-order chi connectivity index (χ0) is 14.8. The number of hydrogen-bond donors (Lipinski definition) is 2. The number of rotatable bonds is 9. The molecule has 1 aromatic carbocycles. The van der Waals surface area contributed by atoms with Crippen LogP contribution in [0.25, 0.3) is 0 Å². The van der Waals surface area contributed by atoms with Gasteiger partial charge >= 0.3 is 0 Å². The number of unbranched alkanes of at least 4 members (excludes halogenated alkanes) is 4. The van der Waals surface area contributed by atoms with Gasteiger partial charge in [-0.3, -0.25) is 4.79 Å². The van der Waals surface area contributed by atoms with E-state index in [0.717, 1.165) is 13.0 Å². The molecule has 1 amide bonds. The van der Waals surface area contributed by atoms with Crippen LogP contribution in [0.2, 0.25) is 10.0 Å². The van der Waals surface area contributed by atoms with E-state index < -0.39 is 0 Å². The summed E-state index contributed by atoms with van der Waals surface area (Å²) in [6, 6.07) is 5.18. The molecule has 0 aliphatic heterocycles. The molecule has 1 aromatic rings. The molecule has 5 heteroatoms. The van der Waals surface area contributed by atoms with Crippen molar-refractivity contribution in [2.45, 2.75) is 39.0 Å². The van der Waals surface area contributed by atoms with Crippen molar-refractivity contribution in [2.75, 3.05) is 18.4 Å². The zero-order valence-corrected chi connectivity index (χ0v) is 13.4. The highest BCUT2D eigenvalue weighted by Gasteiger charge is 2.07. The van der Waals surface area contributed by atoms with Crippen molar-refractivity contribution in [3.63, 3.8) is 0 Å². The van der Waals surface area contributed by atoms with E-state index in [1.54, 1.807) is 18.2 Å². The van der Waals surface area contributed by atoms with Crippen LogP contribution in [0.15, 0.2) is 18.2 Å². The summed E-state index contributed by atoms with van der Waals surface area (Å²) in [7, 11) is 0. The second kappa shape index (κ2) is 10.0. The third kappa shape index (κ3) is 6.60. The van der Waals surface area contributed by atoms with Gasteiger partial charge in [-0.05, 0) is 25.1 Å². The predicted octanol–water partition coefficient (Wildman–Crippen LogP) is 4.49. The van der Waals surface area contributed by atoms with Gasteiger partial charge in [0.2, 0.25) is 5.91 Å². The number of carbonyl (C=O) groups excluding carboxylic acids is 1. The third-order valence-electron chi connectivity index (χ3n) is 2.97. The van der Waals surface area contributed by atoms with E-state index in [9.17, 15) is 4.79 Å². The Morgan fingerprint density at radius 1 is 1.15 bits per heavy atom. The fourth-order valence-corrected chi connectivity index (χ4v) is 2.20. The van der Waals surface area contributed by atoms with E-state index in [2.05, 4.69) is 17.6 Å². The second-order valence-corrected chi connectivity index (χ2v) is 5.53. The molecule has 0 atom stereocenters. The van der Waals surface area contributed by atoms with Crippen LogP contribution < -0.4 is 10.6 Å². The van der Waals surface area contributed by atoms with Gasteiger partial charge in [-0.1, -0.05) is 61.9 Å². The van der Waals surface area contributed by atoms with E-state index in [1.807, 2.05) is 0 Å². The van der Waals surface area contributed by atoms with Gasteiger partial charge < -0.3 is 10.6 Å². The lowest BCUT2D eigenvalue weighted by molar-refractivity contribution is -0.115. The van der Waals surface area contributed by atoms with Crippen LogP contribution in [-0.2, 0) is 4.79 Å². The molecule has 1 rings (SSSR count). The average Bonchev–Trinajstić information content (AvgIpc) is 2.43. The number of halogens is 2. The molecule has 20 heavy (non-hydrogen) atoms. The first-order chi connectivity index (χ1) is 9.65. The van der Waals surface area contributed by atoms with Crippen molar-refractivity contribution in [3.8, 4) is 0 Å². The zero-order valence-electron chi connectivity index (χ0n) is 11.8. The maximum absolute atomic E-state index is 11.7. The molecule has 0 spiro atoms. The Morgan fingerprint density at radius 2 is 1.90 bits per heavy atom. The Balaban J connectivity index is 2.19. The molecule has 0 radical (unpaired) electrons. The minimum absolute atomic E-state index is 0.109. The Labute approximate surface area is 131 Å². The molecule has 0 fully saturated rings. The number of benzene rings is 1. The lowest BCUT2D eigenvalue weighted by atomic mass is 10.1. The van der Waals surface area contributed by atoms with Crippen molar-refractivity contribution in [1.82, 2.24) is 5.32 Å². The van der Waals surface area contributed by atoms with Crippen LogP contribution in [0.1, 0.15) is 39.0 Å². The van der Waals surface area contributed by atoms with Crippen molar-refractivity contribution in [1.29, 1.82) is 0 Å². The molecular formula is C15H22Cl2N2O. The molecule has 112 valence electrons. The summed E-state index contributed by atoms with van der Waals surface area (Å²) in [5, 5.41) is 6.69. The number of nitrogens with one attached hydrogen (secondary N) is 2. The Bertz CT molecular complexity index is 424. The largest absolute Gasteiger partial charge is 0.324 e. The number of anilines is 1. The summed E-state index contributed by atoms with van der Waals surface area (Å²) in [5.74, 6) is -0.109. The van der Waals surface area contributed by atoms with Gasteiger partial charge in [0.05, 0.1) is 22.3 Å². The lowest BCUT2D eigenvalue weighted by Crippen LogP contribution is -2.28. The van der Waals surface area contributed by atoms with Gasteiger partial charge in [0.15, 0.2) is 0 Å². The van der Waals surface area contributed by atoms with E-state index in [1.165, 1.54) is 25.7 Å². The van der Waals surface area contributed by atoms with Crippen molar-refractivity contribution >= 4 is 34.8 Å². The summed E-state index contributed by atoms with van der Waals surface area (Å²) < 4.78 is 0. The summed E-state index contributed by atoms with van der Waals surface area (Å²) >= 11 is 11.9. The third-order valence-corrected chi connectivity index (χ3v) is 3.79. The molecule has 3 nitrogen and oxygen atoms in total. The highest BCUT2D eigenvalue weighted by atomic mass is 35.5. The predicted molar refractivity (Wildman–Crippen MR) is 86.7 cm³/mol. The molecule has 0 aliphatic carbocycles. The first kappa shape index (κ1) is 17.3. The van der Waals surface area contributed by atoms with Crippen LogP contribution in [0, 0.1) is 0 Å². The topological polar surface area (TPSA) is 41.1 Å². The molecule has 0 unspecified atom stereocenters. The smallest absolute Gasteiger partial charge is 0.238 e. The molecule has 0 aliphatic rings. The lowest BCUT2D eigenvalue weighted by Gasteiger charge is -2.09. The molecule has 0 saturated heterocycles. The van der Waals surface area contributed by atoms with E-state index >= 15 is 0 Å². The van der Waals surface area contributed by atoms with Gasteiger partial charge in [-0.2, -0.15) is 0 Å². The fraction of sp³-hybridized carbons (Fsp3) is 0.533. The van der Waals surface area contributed by atoms with Crippen molar-refractivity contribution < 1.29 is 4.79 Å². The van der Waals surface area contributed by atoms with Crippen LogP contribution >= 0.6 is 23.2 Å². The Kier molecular flexibility index (Phi) is 8.67. The Hall–Kier alpha value is -0.770. The first-order valence-corrected chi connectivity index (χ1v) is 7.85. The normalized spacial score (nSPS) is 10.6. The van der Waals surface area contributed by atoms with E-state index in [-0.39, 0.29) is 12.5 Å². The minimum atomic E-state index is -0.109. The van der Waals surface area contributed by atoms with Crippen LogP contribution in [0.5, 0.6) is 0 Å². The maximum atomic E-state index is 11.7. The monoisotopic (exact) mass is 316 g/mol. The summed E-state index contributed by atoms with van der Waals surface area (Å²) in [4.78, 5) is 11.7. The van der Waals surface area contributed by atoms with E-state index in [0.29, 0.717) is 15.7 Å². The van der Waals surface area contributed by atoms with Gasteiger partial charge in [0.1, 0.15) is 0 Å². The van der Waals surface area contributed by atoms with Crippen LogP contribution in [0.3, 0.4) is 0 Å². The average molecular weight is 317 g/mol. The standard InChI is InChI=1S/C15H22Cl2N2O/c1-2-3-4-5-6-10-18-11-14(20)19-13-9-7-8-12(16)15(13)17/h7-9,18H,2-6,10-11H2,1H3,(H,19,20). The summed E-state index contributed by atoms with van der Waals surface area (Å²) in [5.41, 5.74) is 0.550. The van der Waals surface area contributed by atoms with Gasteiger partial charge in [0, 0.05) is 0 Å². The highest BCUT2D eigenvalue weighted by molar-refractivity contribution is 6.43. The number of amides is 1. The first-order valence-electron chi connectivity index (χ1n) is 7.09. The molecule has 0 saturated carbocycles. The van der Waals surface area contributed by atoms with Gasteiger partial charge in [0.25, 0.3) is 0 Å². The molecule has 0 bridgehead atoms. The molecular weight excluding hydrogens is 295 g/mol. The van der Waals surface area contributed by atoms with Gasteiger partial charge in [-0.15, -0.1) is 0 Å². The second-order valence-electron chi connectivity index (χ2n) is 4.74. The quantitative estimate of drug-likeness (QED) is 0.659. The maximum Gasteiger partial charge on any atom is 0.238 e. The van der Waals surface area contributed by atoms with Crippen LogP contribution in [-0.4, -0.2) is 19.0 Å². The molecule has 0 aromatic heterocycles. The minimum Gasteiger partial charge on any atom is -0.324 e. The summed E-state index contributed by atoms with van der Waals surface area (Å²) in [6.45, 7) is 3.35. The highest BCUT2D eigenvalue weighted by Crippen LogP contribution is 2.29. The fourth-order valence-electron chi connectivity index (χ4n) is 1.85. The van der Waals surface area contributed by atoms with Crippen LogP contribution in [0.4, 0.5) is 5.69 Å². The number of carbonyl (C=O) groups is 1. The Morgan fingerprint density at radius 3 is 2.65 bits per heavy atom.